The molecular weight excluding hydrogens is 344 g/mol. The summed E-state index contributed by atoms with van der Waals surface area (Å²) >= 11 is 1.57. The molecule has 4 nitrogen and oxygen atoms in total. The van der Waals surface area contributed by atoms with Crippen LogP contribution in [0.2, 0.25) is 0 Å². The number of aliphatic hydroxyl groups excluding tert-OH is 1. The van der Waals surface area contributed by atoms with Crippen molar-refractivity contribution in [2.75, 3.05) is 11.4 Å². The number of rotatable bonds is 4. The lowest BCUT2D eigenvalue weighted by Crippen LogP contribution is -2.30. The van der Waals surface area contributed by atoms with Crippen molar-refractivity contribution in [1.29, 1.82) is 0 Å². The van der Waals surface area contributed by atoms with Crippen LogP contribution in [0.5, 0.6) is 0 Å². The SMILES string of the molecule is Cc1csc(CC(=O)C2=C(O)c3cccnc3N(c3ccccc3)C2)c1. The molecule has 0 saturated heterocycles. The number of pyridine rings is 1. The molecule has 1 aromatic carbocycles. The third-order valence-electron chi connectivity index (χ3n) is 4.42. The first kappa shape index (κ1) is 16.5. The molecule has 2 aromatic heterocycles. The van der Waals surface area contributed by atoms with Gasteiger partial charge in [-0.1, -0.05) is 18.2 Å². The van der Waals surface area contributed by atoms with Crippen LogP contribution in [0.15, 0.2) is 65.7 Å². The summed E-state index contributed by atoms with van der Waals surface area (Å²) in [5, 5.41) is 12.8. The number of Topliss-reactive ketones (excluding diaryl/α,β-unsaturated/α-hetero) is 1. The molecule has 0 aliphatic carbocycles. The Bertz CT molecular complexity index is 992. The smallest absolute Gasteiger partial charge is 0.169 e. The number of fused-ring (bicyclic) bond motifs is 1. The normalized spacial score (nSPS) is 13.7. The Morgan fingerprint density at radius 2 is 2.04 bits per heavy atom. The molecule has 130 valence electrons. The maximum atomic E-state index is 12.9. The number of thiophene rings is 1. The summed E-state index contributed by atoms with van der Waals surface area (Å²) in [5.41, 5.74) is 3.12. The van der Waals surface area contributed by atoms with Crippen LogP contribution >= 0.6 is 11.3 Å². The van der Waals surface area contributed by atoms with E-state index in [1.54, 1.807) is 29.7 Å². The predicted molar refractivity (Wildman–Crippen MR) is 105 cm³/mol. The highest BCUT2D eigenvalue weighted by atomic mass is 32.1. The molecule has 0 saturated carbocycles. The number of anilines is 2. The molecule has 26 heavy (non-hydrogen) atoms. The van der Waals surface area contributed by atoms with Crippen LogP contribution in [0.3, 0.4) is 0 Å². The quantitative estimate of drug-likeness (QED) is 0.732. The summed E-state index contributed by atoms with van der Waals surface area (Å²) < 4.78 is 0. The lowest BCUT2D eigenvalue weighted by molar-refractivity contribution is -0.114. The Morgan fingerprint density at radius 1 is 1.23 bits per heavy atom. The third-order valence-corrected chi connectivity index (χ3v) is 5.48. The highest BCUT2D eigenvalue weighted by molar-refractivity contribution is 7.10. The molecule has 1 N–H and O–H groups in total. The zero-order valence-corrected chi connectivity index (χ0v) is 15.2. The van der Waals surface area contributed by atoms with Gasteiger partial charge in [-0.3, -0.25) is 4.79 Å². The first-order valence-corrected chi connectivity index (χ1v) is 9.29. The van der Waals surface area contributed by atoms with E-state index in [0.29, 0.717) is 29.9 Å². The zero-order valence-electron chi connectivity index (χ0n) is 14.3. The minimum absolute atomic E-state index is 0.0403. The van der Waals surface area contributed by atoms with E-state index in [1.165, 1.54) is 0 Å². The molecule has 1 aliphatic heterocycles. The van der Waals surface area contributed by atoms with Crippen molar-refractivity contribution < 1.29 is 9.90 Å². The van der Waals surface area contributed by atoms with Crippen LogP contribution in [0.25, 0.3) is 5.76 Å². The Hall–Kier alpha value is -2.92. The van der Waals surface area contributed by atoms with E-state index in [2.05, 4.69) is 4.98 Å². The monoisotopic (exact) mass is 362 g/mol. The van der Waals surface area contributed by atoms with Gasteiger partial charge in [0.2, 0.25) is 0 Å². The van der Waals surface area contributed by atoms with E-state index in [4.69, 9.17) is 0 Å². The van der Waals surface area contributed by atoms with E-state index >= 15 is 0 Å². The van der Waals surface area contributed by atoms with Gasteiger partial charge in [-0.05, 0) is 48.2 Å². The van der Waals surface area contributed by atoms with Gasteiger partial charge in [0.15, 0.2) is 5.78 Å². The number of hydrogen-bond donors (Lipinski definition) is 1. The zero-order chi connectivity index (χ0) is 18.1. The van der Waals surface area contributed by atoms with Gasteiger partial charge in [0.1, 0.15) is 11.6 Å². The summed E-state index contributed by atoms with van der Waals surface area (Å²) in [5.74, 6) is 0.651. The second kappa shape index (κ2) is 6.77. The summed E-state index contributed by atoms with van der Waals surface area (Å²) in [6.07, 6.45) is 2.00. The highest BCUT2D eigenvalue weighted by Crippen LogP contribution is 2.36. The second-order valence-electron chi connectivity index (χ2n) is 6.31. The van der Waals surface area contributed by atoms with E-state index in [0.717, 1.165) is 16.1 Å². The molecule has 0 spiro atoms. The molecule has 0 bridgehead atoms. The van der Waals surface area contributed by atoms with E-state index in [9.17, 15) is 9.90 Å². The van der Waals surface area contributed by atoms with Gasteiger partial charge in [-0.2, -0.15) is 0 Å². The molecule has 4 rings (SSSR count). The van der Waals surface area contributed by atoms with Gasteiger partial charge in [0, 0.05) is 23.2 Å². The Kier molecular flexibility index (Phi) is 4.31. The highest BCUT2D eigenvalue weighted by Gasteiger charge is 2.29. The largest absolute Gasteiger partial charge is 0.507 e. The molecule has 3 aromatic rings. The van der Waals surface area contributed by atoms with Gasteiger partial charge >= 0.3 is 0 Å². The second-order valence-corrected chi connectivity index (χ2v) is 7.31. The van der Waals surface area contributed by atoms with Crippen LogP contribution in [0.1, 0.15) is 16.0 Å². The van der Waals surface area contributed by atoms with Crippen molar-refractivity contribution in [3.05, 3.63) is 81.7 Å². The summed E-state index contributed by atoms with van der Waals surface area (Å²) in [4.78, 5) is 20.3. The Morgan fingerprint density at radius 3 is 2.77 bits per heavy atom. The number of aromatic nitrogens is 1. The molecular formula is C21H18N2O2S. The van der Waals surface area contributed by atoms with Gasteiger partial charge in [-0.25, -0.2) is 4.98 Å². The fourth-order valence-corrected chi connectivity index (χ4v) is 4.03. The fourth-order valence-electron chi connectivity index (χ4n) is 3.16. The minimum Gasteiger partial charge on any atom is -0.507 e. The summed E-state index contributed by atoms with van der Waals surface area (Å²) in [7, 11) is 0. The summed E-state index contributed by atoms with van der Waals surface area (Å²) in [6.45, 7) is 2.32. The standard InChI is InChI=1S/C21H18N2O2S/c1-14-10-16(26-13-14)11-19(24)18-12-23(15-6-3-2-4-7-15)21-17(20(18)25)8-5-9-22-21/h2-10,13,25H,11-12H2,1H3. The molecule has 0 fully saturated rings. The first-order chi connectivity index (χ1) is 12.6. The average Bonchev–Trinajstić information content (AvgIpc) is 3.07. The maximum absolute atomic E-state index is 12.9. The molecule has 0 atom stereocenters. The Balaban J connectivity index is 1.74. The molecule has 1 aliphatic rings. The number of carbonyl (C=O) groups is 1. The van der Waals surface area contributed by atoms with Crippen LogP contribution in [-0.2, 0) is 11.2 Å². The number of hydrogen-bond acceptors (Lipinski definition) is 5. The van der Waals surface area contributed by atoms with Crippen LogP contribution < -0.4 is 4.90 Å². The van der Waals surface area contributed by atoms with E-state index in [1.807, 2.05) is 53.6 Å². The first-order valence-electron chi connectivity index (χ1n) is 8.41. The molecule has 0 amide bonds. The maximum Gasteiger partial charge on any atom is 0.169 e. The lowest BCUT2D eigenvalue weighted by atomic mass is 9.97. The average molecular weight is 362 g/mol. The number of ketones is 1. The fraction of sp³-hybridized carbons (Fsp3) is 0.143. The van der Waals surface area contributed by atoms with Crippen molar-refractivity contribution >= 4 is 34.4 Å². The van der Waals surface area contributed by atoms with Crippen LogP contribution in [-0.4, -0.2) is 22.4 Å². The molecule has 5 heteroatoms. The number of aliphatic hydroxyl groups is 1. The Labute approximate surface area is 156 Å². The molecule has 3 heterocycles. The van der Waals surface area contributed by atoms with Crippen molar-refractivity contribution in [1.82, 2.24) is 4.98 Å². The van der Waals surface area contributed by atoms with Gasteiger partial charge < -0.3 is 10.0 Å². The van der Waals surface area contributed by atoms with Gasteiger partial charge in [-0.15, -0.1) is 11.3 Å². The van der Waals surface area contributed by atoms with Gasteiger partial charge in [0.25, 0.3) is 0 Å². The number of benzene rings is 1. The number of nitrogens with zero attached hydrogens (tertiary/aromatic N) is 2. The van der Waals surface area contributed by atoms with Gasteiger partial charge in [0.05, 0.1) is 17.7 Å². The van der Waals surface area contributed by atoms with Crippen molar-refractivity contribution in [2.45, 2.75) is 13.3 Å². The summed E-state index contributed by atoms with van der Waals surface area (Å²) in [6, 6.07) is 15.4. The number of carbonyl (C=O) groups excluding carboxylic acids is 1. The van der Waals surface area contributed by atoms with Crippen molar-refractivity contribution in [3.8, 4) is 0 Å². The van der Waals surface area contributed by atoms with E-state index in [-0.39, 0.29) is 11.5 Å². The topological polar surface area (TPSA) is 53.4 Å². The predicted octanol–water partition coefficient (Wildman–Crippen LogP) is 4.68. The van der Waals surface area contributed by atoms with E-state index < -0.39 is 0 Å². The van der Waals surface area contributed by atoms with Crippen LogP contribution in [0.4, 0.5) is 11.5 Å². The number of para-hydroxylation sites is 1. The lowest BCUT2D eigenvalue weighted by Gasteiger charge is -2.31. The molecule has 0 unspecified atom stereocenters. The van der Waals surface area contributed by atoms with Crippen LogP contribution in [0, 0.1) is 6.92 Å². The minimum atomic E-state index is -0.0558. The van der Waals surface area contributed by atoms with Crippen molar-refractivity contribution in [3.63, 3.8) is 0 Å². The third kappa shape index (κ3) is 3.02. The number of aryl methyl sites for hydroxylation is 1. The van der Waals surface area contributed by atoms with Crippen molar-refractivity contribution in [2.24, 2.45) is 0 Å². The molecule has 0 radical (unpaired) electrons.